The smallest absolute Gasteiger partial charge is 0.229 e. The summed E-state index contributed by atoms with van der Waals surface area (Å²) in [4.78, 5) is 11.7. The first-order valence-corrected chi connectivity index (χ1v) is 5.36. The van der Waals surface area contributed by atoms with Crippen LogP contribution in [0.15, 0.2) is 24.3 Å². The predicted octanol–water partition coefficient (Wildman–Crippen LogP) is 1.53. The fraction of sp³-hybridized carbons (Fsp3) is 0.417. The second-order valence-corrected chi connectivity index (χ2v) is 4.01. The van der Waals surface area contributed by atoms with Crippen molar-refractivity contribution in [3.63, 3.8) is 0 Å². The fourth-order valence-electron chi connectivity index (χ4n) is 1.69. The van der Waals surface area contributed by atoms with Gasteiger partial charge in [0.05, 0.1) is 5.92 Å². The number of aryl methyl sites for hydroxylation is 1. The number of carbonyl (C=O) groups is 1. The molecule has 0 aliphatic heterocycles. The van der Waals surface area contributed by atoms with Gasteiger partial charge in [-0.25, -0.2) is 0 Å². The van der Waals surface area contributed by atoms with Crippen LogP contribution in [0.3, 0.4) is 0 Å². The van der Waals surface area contributed by atoms with Crippen molar-refractivity contribution in [2.45, 2.75) is 25.8 Å². The SMILES string of the molecule is CCc1ccccc1NC(=O)C1CC1N. The van der Waals surface area contributed by atoms with E-state index in [0.717, 1.165) is 18.5 Å². The van der Waals surface area contributed by atoms with E-state index in [1.807, 2.05) is 24.3 Å². The molecule has 15 heavy (non-hydrogen) atoms. The Balaban J connectivity index is 2.06. The fourth-order valence-corrected chi connectivity index (χ4v) is 1.69. The van der Waals surface area contributed by atoms with Crippen LogP contribution in [0.5, 0.6) is 0 Å². The Labute approximate surface area is 89.7 Å². The van der Waals surface area contributed by atoms with E-state index in [4.69, 9.17) is 5.73 Å². The number of amides is 1. The number of carbonyl (C=O) groups excluding carboxylic acids is 1. The highest BCUT2D eigenvalue weighted by molar-refractivity contribution is 5.95. The Kier molecular flexibility index (Phi) is 2.73. The van der Waals surface area contributed by atoms with E-state index in [1.165, 1.54) is 5.56 Å². The molecule has 80 valence electrons. The highest BCUT2D eigenvalue weighted by Gasteiger charge is 2.40. The van der Waals surface area contributed by atoms with Crippen LogP contribution in [0, 0.1) is 5.92 Å². The molecule has 0 bridgehead atoms. The van der Waals surface area contributed by atoms with Crippen LogP contribution in [0.4, 0.5) is 5.69 Å². The zero-order chi connectivity index (χ0) is 10.8. The molecule has 0 spiro atoms. The van der Waals surface area contributed by atoms with Gasteiger partial charge in [0.1, 0.15) is 0 Å². The van der Waals surface area contributed by atoms with E-state index in [9.17, 15) is 4.79 Å². The van der Waals surface area contributed by atoms with Gasteiger partial charge in [-0.3, -0.25) is 4.79 Å². The molecule has 0 saturated heterocycles. The van der Waals surface area contributed by atoms with Crippen LogP contribution in [0.1, 0.15) is 18.9 Å². The van der Waals surface area contributed by atoms with Crippen LogP contribution in [-0.2, 0) is 11.2 Å². The van der Waals surface area contributed by atoms with Gasteiger partial charge in [-0.15, -0.1) is 0 Å². The minimum Gasteiger partial charge on any atom is -0.327 e. The first kappa shape index (κ1) is 10.2. The molecule has 2 rings (SSSR count). The molecule has 2 atom stereocenters. The van der Waals surface area contributed by atoms with Gasteiger partial charge in [-0.2, -0.15) is 0 Å². The van der Waals surface area contributed by atoms with Gasteiger partial charge >= 0.3 is 0 Å². The number of anilines is 1. The molecule has 1 amide bonds. The summed E-state index contributed by atoms with van der Waals surface area (Å²) in [5.41, 5.74) is 7.72. The molecule has 0 radical (unpaired) electrons. The van der Waals surface area contributed by atoms with E-state index in [0.29, 0.717) is 0 Å². The Morgan fingerprint density at radius 2 is 2.20 bits per heavy atom. The minimum absolute atomic E-state index is 0.0231. The minimum atomic E-state index is 0.0231. The number of hydrogen-bond donors (Lipinski definition) is 2. The summed E-state index contributed by atoms with van der Waals surface area (Å²) in [5.74, 6) is 0.0818. The summed E-state index contributed by atoms with van der Waals surface area (Å²) in [6, 6.07) is 7.95. The van der Waals surface area contributed by atoms with Crippen molar-refractivity contribution in [2.24, 2.45) is 11.7 Å². The maximum atomic E-state index is 11.7. The van der Waals surface area contributed by atoms with Gasteiger partial charge < -0.3 is 11.1 Å². The van der Waals surface area contributed by atoms with Gasteiger partial charge in [0.2, 0.25) is 5.91 Å². The Morgan fingerprint density at radius 1 is 1.53 bits per heavy atom. The standard InChI is InChI=1S/C12H16N2O/c1-2-8-5-3-4-6-11(8)14-12(15)9-7-10(9)13/h3-6,9-10H,2,7,13H2,1H3,(H,14,15). The summed E-state index contributed by atoms with van der Waals surface area (Å²) >= 11 is 0. The molecule has 2 unspecified atom stereocenters. The van der Waals surface area contributed by atoms with Crippen LogP contribution >= 0.6 is 0 Å². The van der Waals surface area contributed by atoms with Gasteiger partial charge in [-0.05, 0) is 24.5 Å². The summed E-state index contributed by atoms with van der Waals surface area (Å²) in [6.45, 7) is 2.08. The summed E-state index contributed by atoms with van der Waals surface area (Å²) < 4.78 is 0. The van der Waals surface area contributed by atoms with Crippen molar-refractivity contribution in [3.05, 3.63) is 29.8 Å². The van der Waals surface area contributed by atoms with Crippen molar-refractivity contribution in [1.82, 2.24) is 0 Å². The maximum absolute atomic E-state index is 11.7. The molecule has 3 N–H and O–H groups in total. The summed E-state index contributed by atoms with van der Waals surface area (Å²) in [7, 11) is 0. The largest absolute Gasteiger partial charge is 0.327 e. The number of para-hydroxylation sites is 1. The average Bonchev–Trinajstić information content (AvgIpc) is 2.96. The van der Waals surface area contributed by atoms with Crippen molar-refractivity contribution < 1.29 is 4.79 Å². The first-order chi connectivity index (χ1) is 7.22. The third-order valence-corrected chi connectivity index (χ3v) is 2.83. The molecule has 3 heteroatoms. The summed E-state index contributed by atoms with van der Waals surface area (Å²) in [5, 5.41) is 2.93. The molecule has 0 heterocycles. The zero-order valence-corrected chi connectivity index (χ0v) is 8.86. The number of rotatable bonds is 3. The number of nitrogens with two attached hydrogens (primary N) is 1. The van der Waals surface area contributed by atoms with Crippen LogP contribution in [-0.4, -0.2) is 11.9 Å². The number of nitrogens with one attached hydrogen (secondary N) is 1. The highest BCUT2D eigenvalue weighted by Crippen LogP contribution is 2.29. The lowest BCUT2D eigenvalue weighted by Gasteiger charge is -2.08. The summed E-state index contributed by atoms with van der Waals surface area (Å²) in [6.07, 6.45) is 1.74. The monoisotopic (exact) mass is 204 g/mol. The van der Waals surface area contributed by atoms with Gasteiger partial charge in [-0.1, -0.05) is 25.1 Å². The molecule has 1 aromatic carbocycles. The quantitative estimate of drug-likeness (QED) is 0.784. The maximum Gasteiger partial charge on any atom is 0.229 e. The van der Waals surface area contributed by atoms with Crippen LogP contribution in [0.2, 0.25) is 0 Å². The lowest BCUT2D eigenvalue weighted by atomic mass is 10.1. The third-order valence-electron chi connectivity index (χ3n) is 2.83. The van der Waals surface area contributed by atoms with E-state index in [-0.39, 0.29) is 17.9 Å². The molecule has 1 aliphatic rings. The molecule has 1 aliphatic carbocycles. The second-order valence-electron chi connectivity index (χ2n) is 4.01. The zero-order valence-electron chi connectivity index (χ0n) is 8.86. The normalized spacial score (nSPS) is 23.6. The van der Waals surface area contributed by atoms with Gasteiger partial charge in [0.25, 0.3) is 0 Å². The Hall–Kier alpha value is -1.35. The van der Waals surface area contributed by atoms with E-state index >= 15 is 0 Å². The Bertz CT molecular complexity index is 376. The van der Waals surface area contributed by atoms with E-state index in [1.54, 1.807) is 0 Å². The van der Waals surface area contributed by atoms with Crippen molar-refractivity contribution >= 4 is 11.6 Å². The van der Waals surface area contributed by atoms with E-state index < -0.39 is 0 Å². The highest BCUT2D eigenvalue weighted by atomic mass is 16.2. The van der Waals surface area contributed by atoms with E-state index in [2.05, 4.69) is 12.2 Å². The Morgan fingerprint density at radius 3 is 2.80 bits per heavy atom. The van der Waals surface area contributed by atoms with Gasteiger partial charge in [0, 0.05) is 11.7 Å². The third kappa shape index (κ3) is 2.18. The second kappa shape index (κ2) is 4.03. The first-order valence-electron chi connectivity index (χ1n) is 5.36. The van der Waals surface area contributed by atoms with Crippen LogP contribution < -0.4 is 11.1 Å². The molecular formula is C12H16N2O. The lowest BCUT2D eigenvalue weighted by Crippen LogP contribution is -2.19. The molecule has 0 aromatic heterocycles. The molecular weight excluding hydrogens is 188 g/mol. The van der Waals surface area contributed by atoms with Crippen molar-refractivity contribution in [2.75, 3.05) is 5.32 Å². The molecule has 1 fully saturated rings. The predicted molar refractivity (Wildman–Crippen MR) is 60.5 cm³/mol. The van der Waals surface area contributed by atoms with Gasteiger partial charge in [0.15, 0.2) is 0 Å². The van der Waals surface area contributed by atoms with Crippen molar-refractivity contribution in [3.8, 4) is 0 Å². The molecule has 1 aromatic rings. The number of hydrogen-bond acceptors (Lipinski definition) is 2. The lowest BCUT2D eigenvalue weighted by molar-refractivity contribution is -0.117. The molecule has 1 saturated carbocycles. The van der Waals surface area contributed by atoms with Crippen molar-refractivity contribution in [1.29, 1.82) is 0 Å². The number of benzene rings is 1. The molecule has 3 nitrogen and oxygen atoms in total. The topological polar surface area (TPSA) is 55.1 Å². The van der Waals surface area contributed by atoms with Crippen LogP contribution in [0.25, 0.3) is 0 Å². The average molecular weight is 204 g/mol.